The Kier molecular flexibility index (Phi) is 3.60. The molecule has 0 amide bonds. The van der Waals surface area contributed by atoms with Crippen molar-refractivity contribution in [2.75, 3.05) is 26.2 Å². The topological polar surface area (TPSA) is 45.0 Å². The van der Waals surface area contributed by atoms with E-state index in [0.717, 1.165) is 43.1 Å². The molecule has 1 aliphatic heterocycles. The third kappa shape index (κ3) is 2.54. The fourth-order valence-electron chi connectivity index (χ4n) is 2.70. The SMILES string of the molecule is NCCN1CC=C(c2c[nH]c3ccc(Cl)cc23)CC1. The Balaban J connectivity index is 1.91. The number of hydrogen-bond donors (Lipinski definition) is 2. The highest BCUT2D eigenvalue weighted by atomic mass is 35.5. The van der Waals surface area contributed by atoms with Gasteiger partial charge in [-0.15, -0.1) is 0 Å². The third-order valence-corrected chi connectivity index (χ3v) is 3.96. The van der Waals surface area contributed by atoms with Gasteiger partial charge in [-0.25, -0.2) is 0 Å². The Bertz CT molecular complexity index is 615. The van der Waals surface area contributed by atoms with E-state index in [9.17, 15) is 0 Å². The zero-order valence-corrected chi connectivity index (χ0v) is 11.6. The van der Waals surface area contributed by atoms with E-state index in [2.05, 4.69) is 22.2 Å². The smallest absolute Gasteiger partial charge is 0.0461 e. The second kappa shape index (κ2) is 5.37. The minimum absolute atomic E-state index is 0.728. The molecular formula is C15H18ClN3. The summed E-state index contributed by atoms with van der Waals surface area (Å²) in [5.74, 6) is 0. The Morgan fingerprint density at radius 1 is 1.37 bits per heavy atom. The van der Waals surface area contributed by atoms with Gasteiger partial charge in [0.05, 0.1) is 0 Å². The Labute approximate surface area is 118 Å². The number of fused-ring (bicyclic) bond motifs is 1. The van der Waals surface area contributed by atoms with E-state index in [1.54, 1.807) is 0 Å². The molecule has 3 rings (SSSR count). The average molecular weight is 276 g/mol. The highest BCUT2D eigenvalue weighted by Crippen LogP contribution is 2.30. The van der Waals surface area contributed by atoms with Gasteiger partial charge in [-0.1, -0.05) is 17.7 Å². The van der Waals surface area contributed by atoms with Crippen LogP contribution in [0.2, 0.25) is 5.02 Å². The quantitative estimate of drug-likeness (QED) is 0.905. The maximum absolute atomic E-state index is 6.10. The van der Waals surface area contributed by atoms with E-state index in [1.165, 1.54) is 16.5 Å². The molecule has 0 bridgehead atoms. The summed E-state index contributed by atoms with van der Waals surface area (Å²) in [6, 6.07) is 5.99. The van der Waals surface area contributed by atoms with E-state index < -0.39 is 0 Å². The van der Waals surface area contributed by atoms with Crippen LogP contribution in [0.15, 0.2) is 30.5 Å². The number of H-pyrrole nitrogens is 1. The Morgan fingerprint density at radius 3 is 3.00 bits per heavy atom. The van der Waals surface area contributed by atoms with Crippen LogP contribution in [0.5, 0.6) is 0 Å². The number of rotatable bonds is 3. The molecule has 0 atom stereocenters. The molecule has 1 aliphatic rings. The first-order chi connectivity index (χ1) is 9.28. The van der Waals surface area contributed by atoms with Gasteiger partial charge in [-0.2, -0.15) is 0 Å². The third-order valence-electron chi connectivity index (χ3n) is 3.73. The first kappa shape index (κ1) is 12.7. The van der Waals surface area contributed by atoms with Gasteiger partial charge in [0, 0.05) is 53.9 Å². The molecule has 19 heavy (non-hydrogen) atoms. The van der Waals surface area contributed by atoms with Crippen molar-refractivity contribution in [3.63, 3.8) is 0 Å². The van der Waals surface area contributed by atoms with Crippen molar-refractivity contribution in [1.29, 1.82) is 0 Å². The predicted molar refractivity (Wildman–Crippen MR) is 81.4 cm³/mol. The Morgan fingerprint density at radius 2 is 2.26 bits per heavy atom. The molecule has 0 spiro atoms. The van der Waals surface area contributed by atoms with Crippen molar-refractivity contribution in [3.8, 4) is 0 Å². The molecule has 1 aromatic heterocycles. The van der Waals surface area contributed by atoms with E-state index >= 15 is 0 Å². The fourth-order valence-corrected chi connectivity index (χ4v) is 2.87. The van der Waals surface area contributed by atoms with Crippen molar-refractivity contribution in [1.82, 2.24) is 9.88 Å². The largest absolute Gasteiger partial charge is 0.361 e. The van der Waals surface area contributed by atoms with Gasteiger partial charge in [-0.3, -0.25) is 4.90 Å². The molecule has 3 N–H and O–H groups in total. The van der Waals surface area contributed by atoms with E-state index in [0.29, 0.717) is 0 Å². The minimum Gasteiger partial charge on any atom is -0.361 e. The molecule has 1 aromatic carbocycles. The zero-order chi connectivity index (χ0) is 13.2. The summed E-state index contributed by atoms with van der Waals surface area (Å²) >= 11 is 6.10. The van der Waals surface area contributed by atoms with Crippen molar-refractivity contribution in [3.05, 3.63) is 41.1 Å². The normalized spacial score (nSPS) is 16.8. The Hall–Kier alpha value is -1.29. The van der Waals surface area contributed by atoms with Crippen LogP contribution in [0, 0.1) is 0 Å². The van der Waals surface area contributed by atoms with Crippen molar-refractivity contribution < 1.29 is 0 Å². The van der Waals surface area contributed by atoms with Gasteiger partial charge in [0.1, 0.15) is 0 Å². The van der Waals surface area contributed by atoms with E-state index in [-0.39, 0.29) is 0 Å². The molecule has 2 aromatic rings. The second-order valence-electron chi connectivity index (χ2n) is 4.96. The van der Waals surface area contributed by atoms with E-state index in [1.807, 2.05) is 18.2 Å². The average Bonchev–Trinajstić information content (AvgIpc) is 2.83. The number of hydrogen-bond acceptors (Lipinski definition) is 2. The monoisotopic (exact) mass is 275 g/mol. The molecule has 2 heterocycles. The standard InChI is InChI=1S/C15H18ClN3/c16-12-1-2-15-13(9-12)14(10-18-15)11-3-6-19(7-4-11)8-5-17/h1-3,9-10,18H,4-8,17H2. The summed E-state index contributed by atoms with van der Waals surface area (Å²) in [4.78, 5) is 5.70. The van der Waals surface area contributed by atoms with E-state index in [4.69, 9.17) is 17.3 Å². The van der Waals surface area contributed by atoms with Crippen LogP contribution in [0.25, 0.3) is 16.5 Å². The second-order valence-corrected chi connectivity index (χ2v) is 5.40. The lowest BCUT2D eigenvalue weighted by Crippen LogP contribution is -2.33. The van der Waals surface area contributed by atoms with Crippen LogP contribution in [0.4, 0.5) is 0 Å². The van der Waals surface area contributed by atoms with Gasteiger partial charge in [0.15, 0.2) is 0 Å². The number of nitrogens with one attached hydrogen (secondary N) is 1. The number of nitrogens with two attached hydrogens (primary N) is 1. The highest BCUT2D eigenvalue weighted by molar-refractivity contribution is 6.31. The molecular weight excluding hydrogens is 258 g/mol. The van der Waals surface area contributed by atoms with Crippen molar-refractivity contribution in [2.45, 2.75) is 6.42 Å². The molecule has 0 fully saturated rings. The van der Waals surface area contributed by atoms with Crippen LogP contribution in [0.3, 0.4) is 0 Å². The van der Waals surface area contributed by atoms with Gasteiger partial charge in [0.25, 0.3) is 0 Å². The maximum atomic E-state index is 6.10. The molecule has 0 unspecified atom stereocenters. The number of benzene rings is 1. The minimum atomic E-state index is 0.728. The summed E-state index contributed by atoms with van der Waals surface area (Å²) in [6.45, 7) is 3.77. The van der Waals surface area contributed by atoms with Crippen molar-refractivity contribution >= 4 is 28.1 Å². The van der Waals surface area contributed by atoms with Gasteiger partial charge in [-0.05, 0) is 30.2 Å². The summed E-state index contributed by atoms with van der Waals surface area (Å²) in [7, 11) is 0. The van der Waals surface area contributed by atoms with Crippen LogP contribution < -0.4 is 5.73 Å². The van der Waals surface area contributed by atoms with Crippen LogP contribution in [-0.4, -0.2) is 36.1 Å². The maximum Gasteiger partial charge on any atom is 0.0461 e. The van der Waals surface area contributed by atoms with Gasteiger partial charge < -0.3 is 10.7 Å². The van der Waals surface area contributed by atoms with Crippen molar-refractivity contribution in [2.24, 2.45) is 5.73 Å². The summed E-state index contributed by atoms with van der Waals surface area (Å²) in [6.07, 6.45) is 5.47. The molecule has 100 valence electrons. The van der Waals surface area contributed by atoms with Gasteiger partial charge in [0.2, 0.25) is 0 Å². The predicted octanol–water partition coefficient (Wildman–Crippen LogP) is 2.87. The highest BCUT2D eigenvalue weighted by Gasteiger charge is 2.15. The lowest BCUT2D eigenvalue weighted by Gasteiger charge is -2.25. The number of nitrogens with zero attached hydrogens (tertiary/aromatic N) is 1. The fraction of sp³-hybridized carbons (Fsp3) is 0.333. The van der Waals surface area contributed by atoms with Crippen LogP contribution in [0.1, 0.15) is 12.0 Å². The van der Waals surface area contributed by atoms with Crippen LogP contribution >= 0.6 is 11.6 Å². The number of aromatic amines is 1. The molecule has 0 radical (unpaired) electrons. The summed E-state index contributed by atoms with van der Waals surface area (Å²) in [5, 5.41) is 2.00. The van der Waals surface area contributed by atoms with Crippen LogP contribution in [-0.2, 0) is 0 Å². The zero-order valence-electron chi connectivity index (χ0n) is 10.8. The number of halogens is 1. The number of aromatic nitrogens is 1. The molecule has 0 saturated heterocycles. The lowest BCUT2D eigenvalue weighted by atomic mass is 9.99. The van der Waals surface area contributed by atoms with Gasteiger partial charge >= 0.3 is 0 Å². The lowest BCUT2D eigenvalue weighted by molar-refractivity contribution is 0.310. The molecule has 4 heteroatoms. The molecule has 0 saturated carbocycles. The molecule has 3 nitrogen and oxygen atoms in total. The summed E-state index contributed by atoms with van der Waals surface area (Å²) in [5.41, 5.74) is 9.43. The molecule has 0 aliphatic carbocycles. The first-order valence-electron chi connectivity index (χ1n) is 6.66. The first-order valence-corrected chi connectivity index (χ1v) is 7.04. The summed E-state index contributed by atoms with van der Waals surface area (Å²) < 4.78 is 0.